The van der Waals surface area contributed by atoms with Crippen LogP contribution in [0.4, 0.5) is 15.8 Å². The highest BCUT2D eigenvalue weighted by Crippen LogP contribution is 2.26. The fourth-order valence-electron chi connectivity index (χ4n) is 2.54. The molecule has 5 nitrogen and oxygen atoms in total. The summed E-state index contributed by atoms with van der Waals surface area (Å²) in [6.45, 7) is 0.655. The van der Waals surface area contributed by atoms with E-state index < -0.39 is 4.92 Å². The van der Waals surface area contributed by atoms with Crippen LogP contribution in [0.2, 0.25) is 0 Å². The highest BCUT2D eigenvalue weighted by atomic mass is 79.9. The number of rotatable bonds is 7. The minimum Gasteiger partial charge on any atom is -0.489 e. The van der Waals surface area contributed by atoms with Crippen LogP contribution < -0.4 is 10.1 Å². The van der Waals surface area contributed by atoms with Crippen LogP contribution in [-0.2, 0) is 13.2 Å². The van der Waals surface area contributed by atoms with Gasteiger partial charge >= 0.3 is 0 Å². The van der Waals surface area contributed by atoms with Gasteiger partial charge in [-0.15, -0.1) is 0 Å². The average Bonchev–Trinajstić information content (AvgIpc) is 2.66. The van der Waals surface area contributed by atoms with Crippen molar-refractivity contribution in [1.82, 2.24) is 0 Å². The van der Waals surface area contributed by atoms with E-state index in [1.807, 2.05) is 18.2 Å². The van der Waals surface area contributed by atoms with Crippen LogP contribution in [0.25, 0.3) is 0 Å². The van der Waals surface area contributed by atoms with Crippen molar-refractivity contribution in [3.8, 4) is 5.75 Å². The zero-order valence-corrected chi connectivity index (χ0v) is 15.8. The first kappa shape index (κ1) is 18.8. The van der Waals surface area contributed by atoms with Gasteiger partial charge in [0.2, 0.25) is 0 Å². The van der Waals surface area contributed by atoms with Gasteiger partial charge in [0, 0.05) is 34.4 Å². The molecule has 3 aromatic rings. The Bertz CT molecular complexity index is 965. The standard InChI is InChI=1S/C20H16BrFN2O3/c21-16-7-8-20(27-13-14-3-1-4-17(22)9-14)15(10-16)12-23-18-5-2-6-19(11-18)24(25)26/h1-11,23H,12-13H2. The molecule has 1 N–H and O–H groups in total. The Morgan fingerprint density at radius 3 is 2.67 bits per heavy atom. The van der Waals surface area contributed by atoms with Gasteiger partial charge in [-0.1, -0.05) is 34.1 Å². The van der Waals surface area contributed by atoms with Crippen LogP contribution in [0.3, 0.4) is 0 Å². The predicted octanol–water partition coefficient (Wildman–Crippen LogP) is 5.69. The zero-order valence-electron chi connectivity index (χ0n) is 14.2. The number of non-ortho nitro benzene ring substituents is 1. The van der Waals surface area contributed by atoms with Crippen molar-refractivity contribution in [2.45, 2.75) is 13.2 Å². The monoisotopic (exact) mass is 430 g/mol. The van der Waals surface area contributed by atoms with E-state index in [9.17, 15) is 14.5 Å². The Hall–Kier alpha value is -2.93. The second-order valence-corrected chi connectivity index (χ2v) is 6.75. The van der Waals surface area contributed by atoms with Crippen molar-refractivity contribution in [2.24, 2.45) is 0 Å². The number of nitrogens with zero attached hydrogens (tertiary/aromatic N) is 1. The zero-order chi connectivity index (χ0) is 19.2. The number of ether oxygens (including phenoxy) is 1. The SMILES string of the molecule is O=[N+]([O-])c1cccc(NCc2cc(Br)ccc2OCc2cccc(F)c2)c1. The third-order valence-corrected chi connectivity index (χ3v) is 4.34. The fourth-order valence-corrected chi connectivity index (χ4v) is 2.95. The van der Waals surface area contributed by atoms with Crippen molar-refractivity contribution in [1.29, 1.82) is 0 Å². The second kappa shape index (κ2) is 8.64. The van der Waals surface area contributed by atoms with Crippen LogP contribution in [0.5, 0.6) is 5.75 Å². The van der Waals surface area contributed by atoms with Gasteiger partial charge in [-0.25, -0.2) is 4.39 Å². The maximum absolute atomic E-state index is 13.3. The van der Waals surface area contributed by atoms with Gasteiger partial charge in [0.25, 0.3) is 5.69 Å². The minimum absolute atomic E-state index is 0.0248. The van der Waals surface area contributed by atoms with E-state index >= 15 is 0 Å². The van der Waals surface area contributed by atoms with Gasteiger partial charge in [-0.05, 0) is 42.0 Å². The Balaban J connectivity index is 1.72. The third kappa shape index (κ3) is 5.27. The van der Waals surface area contributed by atoms with Gasteiger partial charge in [-0.2, -0.15) is 0 Å². The van der Waals surface area contributed by atoms with Crippen LogP contribution in [0.15, 0.2) is 71.2 Å². The number of nitro groups is 1. The van der Waals surface area contributed by atoms with Gasteiger partial charge in [-0.3, -0.25) is 10.1 Å². The molecule has 0 aliphatic heterocycles. The molecule has 0 amide bonds. The van der Waals surface area contributed by atoms with Crippen LogP contribution in [0.1, 0.15) is 11.1 Å². The fraction of sp³-hybridized carbons (Fsp3) is 0.100. The number of nitro benzene ring substituents is 1. The van der Waals surface area contributed by atoms with Crippen molar-refractivity contribution < 1.29 is 14.1 Å². The smallest absolute Gasteiger partial charge is 0.271 e. The Morgan fingerprint density at radius 1 is 1.07 bits per heavy atom. The molecule has 3 rings (SSSR count). The first-order chi connectivity index (χ1) is 13.0. The summed E-state index contributed by atoms with van der Waals surface area (Å²) in [6.07, 6.45) is 0. The Labute approximate surface area is 164 Å². The van der Waals surface area contributed by atoms with E-state index in [2.05, 4.69) is 21.2 Å². The number of hydrogen-bond donors (Lipinski definition) is 1. The summed E-state index contributed by atoms with van der Waals surface area (Å²) in [4.78, 5) is 10.5. The van der Waals surface area contributed by atoms with E-state index in [0.29, 0.717) is 18.0 Å². The highest BCUT2D eigenvalue weighted by Gasteiger charge is 2.08. The summed E-state index contributed by atoms with van der Waals surface area (Å²) in [5, 5.41) is 14.1. The van der Waals surface area contributed by atoms with Gasteiger partial charge < -0.3 is 10.1 Å². The van der Waals surface area contributed by atoms with Crippen molar-refractivity contribution in [3.63, 3.8) is 0 Å². The van der Waals surface area contributed by atoms with Crippen molar-refractivity contribution in [3.05, 3.63) is 98.3 Å². The molecule has 3 aromatic carbocycles. The molecule has 0 aromatic heterocycles. The van der Waals surface area contributed by atoms with E-state index in [1.54, 1.807) is 24.3 Å². The molecule has 0 spiro atoms. The van der Waals surface area contributed by atoms with Gasteiger partial charge in [0.05, 0.1) is 4.92 Å². The normalized spacial score (nSPS) is 10.4. The topological polar surface area (TPSA) is 64.4 Å². The van der Waals surface area contributed by atoms with E-state index in [0.717, 1.165) is 15.6 Å². The third-order valence-electron chi connectivity index (χ3n) is 3.85. The molecule has 0 atom stereocenters. The molecular weight excluding hydrogens is 415 g/mol. The number of nitrogens with one attached hydrogen (secondary N) is 1. The molecular formula is C20H16BrFN2O3. The summed E-state index contributed by atoms with van der Waals surface area (Å²) in [5.41, 5.74) is 2.26. The summed E-state index contributed by atoms with van der Waals surface area (Å²) < 4.78 is 20.0. The molecule has 0 saturated carbocycles. The molecule has 0 heterocycles. The number of anilines is 1. The van der Waals surface area contributed by atoms with E-state index in [1.165, 1.54) is 24.3 Å². The van der Waals surface area contributed by atoms with Crippen molar-refractivity contribution >= 4 is 27.3 Å². The lowest BCUT2D eigenvalue weighted by Crippen LogP contribution is -2.04. The Morgan fingerprint density at radius 2 is 1.89 bits per heavy atom. The highest BCUT2D eigenvalue weighted by molar-refractivity contribution is 9.10. The van der Waals surface area contributed by atoms with Gasteiger partial charge in [0.1, 0.15) is 18.2 Å². The number of hydrogen-bond acceptors (Lipinski definition) is 4. The Kier molecular flexibility index (Phi) is 6.03. The molecule has 138 valence electrons. The lowest BCUT2D eigenvalue weighted by atomic mass is 10.2. The summed E-state index contributed by atoms with van der Waals surface area (Å²) in [5.74, 6) is 0.347. The lowest BCUT2D eigenvalue weighted by molar-refractivity contribution is -0.384. The maximum Gasteiger partial charge on any atom is 0.271 e. The number of halogens is 2. The van der Waals surface area contributed by atoms with Crippen LogP contribution >= 0.6 is 15.9 Å². The minimum atomic E-state index is -0.433. The molecule has 27 heavy (non-hydrogen) atoms. The maximum atomic E-state index is 13.3. The number of benzene rings is 3. The van der Waals surface area contributed by atoms with Crippen LogP contribution in [-0.4, -0.2) is 4.92 Å². The quantitative estimate of drug-likeness (QED) is 0.386. The molecule has 0 unspecified atom stereocenters. The second-order valence-electron chi connectivity index (χ2n) is 5.83. The van der Waals surface area contributed by atoms with Gasteiger partial charge in [0.15, 0.2) is 0 Å². The summed E-state index contributed by atoms with van der Waals surface area (Å²) in [6, 6.07) is 18.2. The first-order valence-electron chi connectivity index (χ1n) is 8.15. The molecule has 0 fully saturated rings. The summed E-state index contributed by atoms with van der Waals surface area (Å²) in [7, 11) is 0. The van der Waals surface area contributed by atoms with Crippen LogP contribution in [0, 0.1) is 15.9 Å². The van der Waals surface area contributed by atoms with Crippen molar-refractivity contribution in [2.75, 3.05) is 5.32 Å². The summed E-state index contributed by atoms with van der Waals surface area (Å²) >= 11 is 3.44. The van der Waals surface area contributed by atoms with E-state index in [4.69, 9.17) is 4.74 Å². The molecule has 0 bridgehead atoms. The molecule has 0 aliphatic carbocycles. The molecule has 0 aliphatic rings. The molecule has 0 radical (unpaired) electrons. The van der Waals surface area contributed by atoms with E-state index in [-0.39, 0.29) is 18.1 Å². The molecule has 7 heteroatoms. The predicted molar refractivity (Wildman–Crippen MR) is 105 cm³/mol. The largest absolute Gasteiger partial charge is 0.489 e. The first-order valence-corrected chi connectivity index (χ1v) is 8.94. The lowest BCUT2D eigenvalue weighted by Gasteiger charge is -2.14. The molecule has 0 saturated heterocycles. The average molecular weight is 431 g/mol.